The SMILES string of the molecule is Cl.[2H]C([2H])(N)C(=O)NCc1cc(-c2ccc(C(F)(F)F)nc2)ncn1. The van der Waals surface area contributed by atoms with E-state index >= 15 is 0 Å². The van der Waals surface area contributed by atoms with E-state index in [2.05, 4.69) is 20.3 Å². The van der Waals surface area contributed by atoms with Gasteiger partial charge in [-0.25, -0.2) is 9.97 Å². The molecule has 2 rings (SSSR count). The molecule has 1 amide bonds. The third-order valence-electron chi connectivity index (χ3n) is 2.63. The molecule has 0 bridgehead atoms. The second-order valence-electron chi connectivity index (χ2n) is 4.15. The predicted molar refractivity (Wildman–Crippen MR) is 78.4 cm³/mol. The van der Waals surface area contributed by atoms with Gasteiger partial charge in [0.2, 0.25) is 5.91 Å². The molecule has 2 heterocycles. The van der Waals surface area contributed by atoms with E-state index in [0.29, 0.717) is 17.0 Å². The van der Waals surface area contributed by atoms with Crippen molar-refractivity contribution in [3.8, 4) is 11.3 Å². The molecule has 0 aliphatic rings. The van der Waals surface area contributed by atoms with Crippen molar-refractivity contribution in [3.05, 3.63) is 42.1 Å². The Morgan fingerprint density at radius 2 is 2.04 bits per heavy atom. The van der Waals surface area contributed by atoms with E-state index in [4.69, 9.17) is 8.48 Å². The van der Waals surface area contributed by atoms with E-state index in [1.165, 1.54) is 18.5 Å². The Morgan fingerprint density at radius 1 is 1.30 bits per heavy atom. The zero-order valence-electron chi connectivity index (χ0n) is 13.5. The number of hydrogen-bond acceptors (Lipinski definition) is 5. The lowest BCUT2D eigenvalue weighted by molar-refractivity contribution is -0.141. The highest BCUT2D eigenvalue weighted by molar-refractivity contribution is 5.85. The van der Waals surface area contributed by atoms with E-state index in [9.17, 15) is 18.0 Å². The fraction of sp³-hybridized carbons (Fsp3) is 0.231. The first-order valence-electron chi connectivity index (χ1n) is 6.99. The molecular weight excluding hydrogens is 335 g/mol. The Kier molecular flexibility index (Phi) is 5.33. The molecule has 3 N–H and O–H groups in total. The molecule has 2 aromatic rings. The first-order chi connectivity index (χ1) is 11.1. The number of alkyl halides is 3. The molecule has 10 heteroatoms. The van der Waals surface area contributed by atoms with Crippen molar-refractivity contribution < 1.29 is 20.7 Å². The summed E-state index contributed by atoms with van der Waals surface area (Å²) in [4.78, 5) is 22.5. The number of aromatic nitrogens is 3. The topological polar surface area (TPSA) is 93.8 Å². The van der Waals surface area contributed by atoms with Crippen LogP contribution in [0.2, 0.25) is 0 Å². The Labute approximate surface area is 138 Å². The number of nitrogens with two attached hydrogens (primary N) is 1. The summed E-state index contributed by atoms with van der Waals surface area (Å²) in [6.45, 7) is -2.63. The summed E-state index contributed by atoms with van der Waals surface area (Å²) in [6, 6.07) is 3.50. The zero-order chi connectivity index (χ0) is 18.0. The number of nitrogens with zero attached hydrogens (tertiary/aromatic N) is 3. The van der Waals surface area contributed by atoms with E-state index in [0.717, 1.165) is 12.3 Å². The second-order valence-corrected chi connectivity index (χ2v) is 4.15. The highest BCUT2D eigenvalue weighted by Crippen LogP contribution is 2.28. The first-order valence-corrected chi connectivity index (χ1v) is 5.99. The molecule has 6 nitrogen and oxygen atoms in total. The van der Waals surface area contributed by atoms with Crippen LogP contribution < -0.4 is 11.1 Å². The molecule has 0 atom stereocenters. The van der Waals surface area contributed by atoms with Crippen LogP contribution in [0.15, 0.2) is 30.7 Å². The van der Waals surface area contributed by atoms with Crippen molar-refractivity contribution in [2.75, 3.05) is 6.50 Å². The third-order valence-corrected chi connectivity index (χ3v) is 2.63. The monoisotopic (exact) mass is 349 g/mol. The molecule has 0 fully saturated rings. The van der Waals surface area contributed by atoms with E-state index in [1.54, 1.807) is 0 Å². The van der Waals surface area contributed by atoms with E-state index in [-0.39, 0.29) is 19.0 Å². The standard InChI is InChI=1S/C13H12F3N5O.ClH/c14-13(15,16)11-2-1-8(5-18-11)10-3-9(20-7-21-10)6-19-12(22)4-17;/h1-3,5,7H,4,6,17H2,(H,19,22);1H/i4D2;. The Balaban J connectivity index is 0.00000312. The van der Waals surface area contributed by atoms with E-state index < -0.39 is 24.3 Å². The van der Waals surface area contributed by atoms with Crippen LogP contribution in [0.3, 0.4) is 0 Å². The molecule has 0 aliphatic carbocycles. The van der Waals surface area contributed by atoms with Gasteiger partial charge in [0.15, 0.2) is 0 Å². The van der Waals surface area contributed by atoms with Crippen molar-refractivity contribution >= 4 is 18.3 Å². The number of nitrogens with one attached hydrogen (secondary N) is 1. The minimum absolute atomic E-state index is 0. The number of hydrogen-bond donors (Lipinski definition) is 2. The summed E-state index contributed by atoms with van der Waals surface area (Å²) in [6.07, 6.45) is -2.32. The number of pyridine rings is 1. The van der Waals surface area contributed by atoms with Gasteiger partial charge in [-0.15, -0.1) is 12.4 Å². The van der Waals surface area contributed by atoms with Gasteiger partial charge in [-0.2, -0.15) is 13.2 Å². The van der Waals surface area contributed by atoms with Gasteiger partial charge in [-0.3, -0.25) is 9.78 Å². The van der Waals surface area contributed by atoms with Crippen LogP contribution in [0.5, 0.6) is 0 Å². The van der Waals surface area contributed by atoms with Crippen LogP contribution in [-0.4, -0.2) is 27.4 Å². The molecule has 2 aromatic heterocycles. The maximum Gasteiger partial charge on any atom is 0.433 e. The third kappa shape index (κ3) is 5.15. The highest BCUT2D eigenvalue weighted by Gasteiger charge is 2.32. The largest absolute Gasteiger partial charge is 0.433 e. The fourth-order valence-corrected chi connectivity index (χ4v) is 1.59. The molecule has 0 radical (unpaired) electrons. The summed E-state index contributed by atoms with van der Waals surface area (Å²) in [5, 5.41) is 2.25. The number of carbonyl (C=O) groups is 1. The van der Waals surface area contributed by atoms with Gasteiger partial charge < -0.3 is 11.1 Å². The van der Waals surface area contributed by atoms with Crippen LogP contribution in [-0.2, 0) is 17.5 Å². The lowest BCUT2D eigenvalue weighted by Crippen LogP contribution is -2.30. The van der Waals surface area contributed by atoms with Gasteiger partial charge in [-0.1, -0.05) is 0 Å². The number of rotatable bonds is 4. The van der Waals surface area contributed by atoms with Crippen molar-refractivity contribution in [1.82, 2.24) is 20.3 Å². The molecule has 0 spiro atoms. The van der Waals surface area contributed by atoms with Gasteiger partial charge in [0.1, 0.15) is 12.0 Å². The smallest absolute Gasteiger partial charge is 0.349 e. The lowest BCUT2D eigenvalue weighted by atomic mass is 10.1. The van der Waals surface area contributed by atoms with E-state index in [1.807, 2.05) is 0 Å². The molecule has 0 saturated carbocycles. The summed E-state index contributed by atoms with van der Waals surface area (Å²) >= 11 is 0. The van der Waals surface area contributed by atoms with Gasteiger partial charge in [-0.05, 0) is 18.2 Å². The van der Waals surface area contributed by atoms with Crippen LogP contribution in [0.25, 0.3) is 11.3 Å². The average molecular weight is 350 g/mol. The molecule has 124 valence electrons. The number of carbonyl (C=O) groups excluding carboxylic acids is 1. The highest BCUT2D eigenvalue weighted by atomic mass is 35.5. The maximum atomic E-state index is 12.5. The van der Waals surface area contributed by atoms with Crippen LogP contribution in [0.1, 0.15) is 14.1 Å². The predicted octanol–water partition coefficient (Wildman–Crippen LogP) is 1.55. The van der Waals surface area contributed by atoms with Gasteiger partial charge in [0.05, 0.1) is 27.2 Å². The van der Waals surface area contributed by atoms with Crippen molar-refractivity contribution in [3.63, 3.8) is 0 Å². The summed E-state index contributed by atoms with van der Waals surface area (Å²) < 4.78 is 51.6. The average Bonchev–Trinajstić information content (AvgIpc) is 2.51. The quantitative estimate of drug-likeness (QED) is 0.873. The summed E-state index contributed by atoms with van der Waals surface area (Å²) in [7, 11) is 0. The van der Waals surface area contributed by atoms with Crippen LogP contribution in [0.4, 0.5) is 13.2 Å². The van der Waals surface area contributed by atoms with Gasteiger partial charge in [0.25, 0.3) is 0 Å². The normalized spacial score (nSPS) is 12.7. The minimum Gasteiger partial charge on any atom is -0.349 e. The molecule has 0 aromatic carbocycles. The van der Waals surface area contributed by atoms with Crippen LogP contribution in [0, 0.1) is 0 Å². The Bertz CT molecular complexity index is 738. The number of amides is 1. The summed E-state index contributed by atoms with van der Waals surface area (Å²) in [5.41, 5.74) is 4.97. The molecule has 0 saturated heterocycles. The number of halogens is 4. The Morgan fingerprint density at radius 3 is 2.61 bits per heavy atom. The molecule has 0 unspecified atom stereocenters. The maximum absolute atomic E-state index is 12.5. The second kappa shape index (κ2) is 7.84. The zero-order valence-corrected chi connectivity index (χ0v) is 12.3. The molecular formula is C13H13ClF3N5O. The molecule has 0 aliphatic heterocycles. The first kappa shape index (κ1) is 15.6. The van der Waals surface area contributed by atoms with Crippen molar-refractivity contribution in [2.24, 2.45) is 5.73 Å². The van der Waals surface area contributed by atoms with Gasteiger partial charge in [0, 0.05) is 11.8 Å². The minimum atomic E-state index is -4.53. The Hall–Kier alpha value is -2.26. The van der Waals surface area contributed by atoms with Crippen molar-refractivity contribution in [2.45, 2.75) is 12.7 Å². The lowest BCUT2D eigenvalue weighted by Gasteiger charge is -2.07. The van der Waals surface area contributed by atoms with Gasteiger partial charge >= 0.3 is 6.18 Å². The molecule has 23 heavy (non-hydrogen) atoms. The van der Waals surface area contributed by atoms with Crippen LogP contribution >= 0.6 is 12.4 Å². The van der Waals surface area contributed by atoms with Crippen molar-refractivity contribution in [1.29, 1.82) is 0 Å². The fourth-order valence-electron chi connectivity index (χ4n) is 1.59. The summed E-state index contributed by atoms with van der Waals surface area (Å²) in [5.74, 6) is -1.01.